The molecule has 18 heavy (non-hydrogen) atoms. The quantitative estimate of drug-likeness (QED) is 0.839. The monoisotopic (exact) mass is 269 g/mol. The first kappa shape index (κ1) is 12.8. The highest BCUT2D eigenvalue weighted by Crippen LogP contribution is 2.28. The van der Waals surface area contributed by atoms with Gasteiger partial charge in [0.25, 0.3) is 0 Å². The van der Waals surface area contributed by atoms with Gasteiger partial charge in [-0.15, -0.1) is 11.3 Å². The fourth-order valence-electron chi connectivity index (χ4n) is 1.57. The summed E-state index contributed by atoms with van der Waals surface area (Å²) in [5.74, 6) is -1.42. The molecule has 0 spiro atoms. The van der Waals surface area contributed by atoms with Gasteiger partial charge in [-0.05, 0) is 19.9 Å². The van der Waals surface area contributed by atoms with E-state index >= 15 is 0 Å². The van der Waals surface area contributed by atoms with Crippen molar-refractivity contribution in [3.05, 3.63) is 39.8 Å². The third-order valence-electron chi connectivity index (χ3n) is 2.47. The van der Waals surface area contributed by atoms with Crippen LogP contribution in [-0.4, -0.2) is 4.98 Å². The lowest BCUT2D eigenvalue weighted by Gasteiger charge is -2.15. The van der Waals surface area contributed by atoms with E-state index in [1.807, 2.05) is 19.2 Å². The Labute approximate surface area is 108 Å². The highest BCUT2D eigenvalue weighted by atomic mass is 32.1. The fraction of sp³-hybridized carbons (Fsp3) is 0.250. The van der Waals surface area contributed by atoms with E-state index in [0.717, 1.165) is 16.8 Å². The minimum Gasteiger partial charge on any atom is -0.395 e. The van der Waals surface area contributed by atoms with Crippen molar-refractivity contribution in [2.75, 3.05) is 11.1 Å². The molecule has 0 amide bonds. The number of thiazole rings is 1. The fourth-order valence-corrected chi connectivity index (χ4v) is 2.37. The van der Waals surface area contributed by atoms with Crippen molar-refractivity contribution in [2.24, 2.45) is 0 Å². The van der Waals surface area contributed by atoms with Crippen LogP contribution in [0.4, 0.5) is 20.2 Å². The first-order valence-electron chi connectivity index (χ1n) is 5.40. The molecule has 1 aromatic heterocycles. The molecule has 0 radical (unpaired) electrons. The summed E-state index contributed by atoms with van der Waals surface area (Å²) in [6.45, 7) is 3.75. The van der Waals surface area contributed by atoms with Gasteiger partial charge in [-0.3, -0.25) is 0 Å². The van der Waals surface area contributed by atoms with Gasteiger partial charge in [-0.25, -0.2) is 13.8 Å². The van der Waals surface area contributed by atoms with E-state index in [0.29, 0.717) is 0 Å². The van der Waals surface area contributed by atoms with Crippen molar-refractivity contribution in [2.45, 2.75) is 19.9 Å². The van der Waals surface area contributed by atoms with Gasteiger partial charge in [0.15, 0.2) is 5.82 Å². The van der Waals surface area contributed by atoms with E-state index in [1.165, 1.54) is 17.4 Å². The topological polar surface area (TPSA) is 50.9 Å². The van der Waals surface area contributed by atoms with Crippen molar-refractivity contribution >= 4 is 22.7 Å². The summed E-state index contributed by atoms with van der Waals surface area (Å²) in [5.41, 5.74) is 6.64. The van der Waals surface area contributed by atoms with E-state index in [-0.39, 0.29) is 17.4 Å². The minimum atomic E-state index is -0.764. The normalized spacial score (nSPS) is 12.4. The van der Waals surface area contributed by atoms with E-state index < -0.39 is 11.6 Å². The van der Waals surface area contributed by atoms with Crippen LogP contribution in [-0.2, 0) is 0 Å². The molecule has 6 heteroatoms. The first-order valence-corrected chi connectivity index (χ1v) is 6.28. The Hall–Kier alpha value is -1.69. The minimum absolute atomic E-state index is 0.0865. The summed E-state index contributed by atoms with van der Waals surface area (Å²) in [5, 5.41) is 5.73. The Morgan fingerprint density at radius 1 is 1.39 bits per heavy atom. The molecule has 96 valence electrons. The van der Waals surface area contributed by atoms with Gasteiger partial charge in [-0.1, -0.05) is 0 Å². The maximum Gasteiger partial charge on any atom is 0.151 e. The van der Waals surface area contributed by atoms with Gasteiger partial charge >= 0.3 is 0 Å². The maximum atomic E-state index is 13.3. The molecule has 0 saturated heterocycles. The van der Waals surface area contributed by atoms with Gasteiger partial charge in [0.2, 0.25) is 0 Å². The molecular formula is C12H13F2N3S. The Kier molecular flexibility index (Phi) is 3.47. The molecule has 0 aliphatic rings. The molecule has 2 rings (SSSR count). The van der Waals surface area contributed by atoms with Crippen molar-refractivity contribution < 1.29 is 8.78 Å². The summed E-state index contributed by atoms with van der Waals surface area (Å²) < 4.78 is 26.4. The molecule has 3 nitrogen and oxygen atoms in total. The second-order valence-corrected chi connectivity index (χ2v) is 4.93. The molecule has 0 aliphatic carbocycles. The summed E-state index contributed by atoms with van der Waals surface area (Å²) >= 11 is 1.49. The van der Waals surface area contributed by atoms with Crippen molar-refractivity contribution in [1.29, 1.82) is 0 Å². The average Bonchev–Trinajstić information content (AvgIpc) is 2.72. The molecule has 0 fully saturated rings. The number of nitrogens with one attached hydrogen (secondary N) is 1. The van der Waals surface area contributed by atoms with Gasteiger partial charge in [0, 0.05) is 17.1 Å². The van der Waals surface area contributed by atoms with Crippen LogP contribution < -0.4 is 11.1 Å². The highest BCUT2D eigenvalue weighted by Gasteiger charge is 2.13. The second-order valence-electron chi connectivity index (χ2n) is 4.04. The van der Waals surface area contributed by atoms with Gasteiger partial charge < -0.3 is 11.1 Å². The third kappa shape index (κ3) is 2.59. The van der Waals surface area contributed by atoms with Crippen LogP contribution in [0.1, 0.15) is 23.7 Å². The van der Waals surface area contributed by atoms with Gasteiger partial charge in [0.05, 0.1) is 17.4 Å². The van der Waals surface area contributed by atoms with E-state index in [1.54, 1.807) is 0 Å². The SMILES string of the molecule is Cc1csc(C(C)Nc2cc(F)cc(F)c2N)n1. The molecule has 1 atom stereocenters. The van der Waals surface area contributed by atoms with Crippen LogP contribution in [0.2, 0.25) is 0 Å². The lowest BCUT2D eigenvalue weighted by Crippen LogP contribution is -2.09. The van der Waals surface area contributed by atoms with Crippen LogP contribution >= 0.6 is 11.3 Å². The molecule has 0 bridgehead atoms. The number of rotatable bonds is 3. The number of hydrogen-bond acceptors (Lipinski definition) is 4. The number of aryl methyl sites for hydroxylation is 1. The van der Waals surface area contributed by atoms with Crippen LogP contribution in [0, 0.1) is 18.6 Å². The maximum absolute atomic E-state index is 13.3. The van der Waals surface area contributed by atoms with Crippen molar-refractivity contribution in [1.82, 2.24) is 4.98 Å². The van der Waals surface area contributed by atoms with Crippen LogP contribution in [0.5, 0.6) is 0 Å². The number of halogens is 2. The molecular weight excluding hydrogens is 256 g/mol. The third-order valence-corrected chi connectivity index (χ3v) is 3.62. The van der Waals surface area contributed by atoms with Gasteiger partial charge in [0.1, 0.15) is 10.8 Å². The Morgan fingerprint density at radius 3 is 2.72 bits per heavy atom. The number of nitrogen functional groups attached to an aromatic ring is 1. The summed E-state index contributed by atoms with van der Waals surface area (Å²) in [7, 11) is 0. The van der Waals surface area contributed by atoms with Crippen LogP contribution in [0.3, 0.4) is 0 Å². The van der Waals surface area contributed by atoms with E-state index in [2.05, 4.69) is 10.3 Å². The van der Waals surface area contributed by atoms with E-state index in [4.69, 9.17) is 5.73 Å². The number of anilines is 2. The number of benzene rings is 1. The standard InChI is InChI=1S/C12H13F2N3S/c1-6-5-18-12(16-6)7(2)17-10-4-8(13)3-9(14)11(10)15/h3-5,7,17H,15H2,1-2H3. The number of nitrogens with two attached hydrogens (primary N) is 1. The smallest absolute Gasteiger partial charge is 0.151 e. The molecule has 3 N–H and O–H groups in total. The summed E-state index contributed by atoms with van der Waals surface area (Å²) in [4.78, 5) is 4.31. The molecule has 1 aromatic carbocycles. The Bertz CT molecular complexity index is 568. The molecule has 1 unspecified atom stereocenters. The van der Waals surface area contributed by atoms with Crippen LogP contribution in [0.15, 0.2) is 17.5 Å². The molecule has 0 aliphatic heterocycles. The van der Waals surface area contributed by atoms with Crippen molar-refractivity contribution in [3.8, 4) is 0 Å². The zero-order valence-corrected chi connectivity index (χ0v) is 10.8. The molecule has 0 saturated carbocycles. The second kappa shape index (κ2) is 4.89. The average molecular weight is 269 g/mol. The number of aromatic nitrogens is 1. The van der Waals surface area contributed by atoms with E-state index in [9.17, 15) is 8.78 Å². The molecule has 1 heterocycles. The Balaban J connectivity index is 2.24. The highest BCUT2D eigenvalue weighted by molar-refractivity contribution is 7.09. The zero-order valence-electron chi connectivity index (χ0n) is 10.00. The predicted octanol–water partition coefficient (Wildman–Crippen LogP) is 3.49. The largest absolute Gasteiger partial charge is 0.395 e. The Morgan fingerprint density at radius 2 is 2.11 bits per heavy atom. The van der Waals surface area contributed by atoms with Gasteiger partial charge in [-0.2, -0.15) is 0 Å². The number of hydrogen-bond donors (Lipinski definition) is 2. The van der Waals surface area contributed by atoms with Crippen LogP contribution in [0.25, 0.3) is 0 Å². The summed E-state index contributed by atoms with van der Waals surface area (Å²) in [6, 6.07) is 1.78. The first-order chi connectivity index (χ1) is 8.47. The zero-order chi connectivity index (χ0) is 13.3. The van der Waals surface area contributed by atoms with Crippen molar-refractivity contribution in [3.63, 3.8) is 0 Å². The summed E-state index contributed by atoms with van der Waals surface area (Å²) in [6.07, 6.45) is 0. The lowest BCUT2D eigenvalue weighted by molar-refractivity contribution is 0.586. The predicted molar refractivity (Wildman–Crippen MR) is 69.7 cm³/mol. The number of nitrogens with zero attached hydrogens (tertiary/aromatic N) is 1. The lowest BCUT2D eigenvalue weighted by atomic mass is 10.2. The molecule has 2 aromatic rings.